The first-order valence-corrected chi connectivity index (χ1v) is 9.29. The second kappa shape index (κ2) is 7.26. The van der Waals surface area contributed by atoms with Crippen molar-refractivity contribution in [1.29, 1.82) is 0 Å². The van der Waals surface area contributed by atoms with E-state index in [0.717, 1.165) is 42.5 Å². The molecule has 1 fully saturated rings. The SMILES string of the molecule is Cn1nc(N2CCCCC2CNC(=O)c2c[nH]c3ccccc23)ccc1=O. The number of hydrogen-bond donors (Lipinski definition) is 2. The van der Waals surface area contributed by atoms with E-state index in [9.17, 15) is 9.59 Å². The van der Waals surface area contributed by atoms with Gasteiger partial charge in [0.25, 0.3) is 11.5 Å². The first-order valence-electron chi connectivity index (χ1n) is 9.29. The van der Waals surface area contributed by atoms with Crippen molar-refractivity contribution in [3.63, 3.8) is 0 Å². The largest absolute Gasteiger partial charge is 0.360 e. The number of carbonyl (C=O) groups is 1. The molecule has 3 heterocycles. The van der Waals surface area contributed by atoms with E-state index in [1.165, 1.54) is 4.68 Å². The molecule has 1 aliphatic rings. The maximum atomic E-state index is 12.7. The normalized spacial score (nSPS) is 17.2. The van der Waals surface area contributed by atoms with Crippen molar-refractivity contribution in [3.8, 4) is 0 Å². The summed E-state index contributed by atoms with van der Waals surface area (Å²) in [5, 5.41) is 8.38. The molecule has 1 aliphatic heterocycles. The number of para-hydroxylation sites is 1. The number of H-pyrrole nitrogens is 1. The minimum atomic E-state index is -0.125. The Labute approximate surface area is 157 Å². The minimum absolute atomic E-state index is 0.0774. The monoisotopic (exact) mass is 365 g/mol. The van der Waals surface area contributed by atoms with Gasteiger partial charge in [0, 0.05) is 49.3 Å². The Kier molecular flexibility index (Phi) is 4.66. The number of fused-ring (bicyclic) bond motifs is 1. The molecule has 0 bridgehead atoms. The van der Waals surface area contributed by atoms with Gasteiger partial charge in [0.05, 0.1) is 5.56 Å². The van der Waals surface area contributed by atoms with Gasteiger partial charge in [-0.25, -0.2) is 4.68 Å². The molecule has 7 nitrogen and oxygen atoms in total. The number of aromatic amines is 1. The summed E-state index contributed by atoms with van der Waals surface area (Å²) >= 11 is 0. The molecule has 4 rings (SSSR count). The Morgan fingerprint density at radius 3 is 2.96 bits per heavy atom. The summed E-state index contributed by atoms with van der Waals surface area (Å²) in [6.45, 7) is 1.42. The molecule has 27 heavy (non-hydrogen) atoms. The molecule has 0 saturated carbocycles. The molecule has 2 aromatic heterocycles. The van der Waals surface area contributed by atoms with Crippen molar-refractivity contribution < 1.29 is 4.79 Å². The lowest BCUT2D eigenvalue weighted by Crippen LogP contribution is -2.47. The highest BCUT2D eigenvalue weighted by atomic mass is 16.1. The van der Waals surface area contributed by atoms with Crippen LogP contribution in [-0.4, -0.2) is 39.8 Å². The van der Waals surface area contributed by atoms with Crippen LogP contribution in [-0.2, 0) is 7.05 Å². The molecule has 1 unspecified atom stereocenters. The predicted octanol–water partition coefficient (Wildman–Crippen LogP) is 2.05. The molecule has 0 spiro atoms. The quantitative estimate of drug-likeness (QED) is 0.741. The van der Waals surface area contributed by atoms with E-state index in [0.29, 0.717) is 12.1 Å². The Morgan fingerprint density at radius 2 is 2.11 bits per heavy atom. The molecule has 0 radical (unpaired) electrons. The number of anilines is 1. The molecular formula is C20H23N5O2. The Morgan fingerprint density at radius 1 is 1.26 bits per heavy atom. The van der Waals surface area contributed by atoms with Gasteiger partial charge in [0.2, 0.25) is 0 Å². The van der Waals surface area contributed by atoms with Crippen LogP contribution in [0.2, 0.25) is 0 Å². The third-order valence-corrected chi connectivity index (χ3v) is 5.20. The van der Waals surface area contributed by atoms with E-state index >= 15 is 0 Å². The molecule has 1 saturated heterocycles. The first kappa shape index (κ1) is 17.3. The van der Waals surface area contributed by atoms with Gasteiger partial charge >= 0.3 is 0 Å². The van der Waals surface area contributed by atoms with Crippen LogP contribution in [0.5, 0.6) is 0 Å². The smallest absolute Gasteiger partial charge is 0.266 e. The van der Waals surface area contributed by atoms with Crippen LogP contribution in [0, 0.1) is 0 Å². The molecule has 140 valence electrons. The number of benzene rings is 1. The van der Waals surface area contributed by atoms with Gasteiger partial charge in [-0.2, -0.15) is 5.10 Å². The van der Waals surface area contributed by atoms with E-state index in [1.807, 2.05) is 24.3 Å². The summed E-state index contributed by atoms with van der Waals surface area (Å²) in [7, 11) is 1.66. The fourth-order valence-electron chi connectivity index (χ4n) is 3.72. The summed E-state index contributed by atoms with van der Waals surface area (Å²) in [5.74, 6) is 0.703. The lowest BCUT2D eigenvalue weighted by atomic mass is 10.0. The fraction of sp³-hybridized carbons (Fsp3) is 0.350. The molecule has 7 heteroatoms. The Balaban J connectivity index is 1.49. The highest BCUT2D eigenvalue weighted by Gasteiger charge is 2.25. The number of nitrogens with zero attached hydrogens (tertiary/aromatic N) is 3. The highest BCUT2D eigenvalue weighted by molar-refractivity contribution is 6.06. The maximum Gasteiger partial charge on any atom is 0.266 e. The van der Waals surface area contributed by atoms with E-state index in [4.69, 9.17) is 0 Å². The van der Waals surface area contributed by atoms with Crippen molar-refractivity contribution in [2.75, 3.05) is 18.0 Å². The van der Waals surface area contributed by atoms with Crippen molar-refractivity contribution in [3.05, 3.63) is 58.5 Å². The topological polar surface area (TPSA) is 83.0 Å². The van der Waals surface area contributed by atoms with Gasteiger partial charge in [-0.1, -0.05) is 18.2 Å². The fourth-order valence-corrected chi connectivity index (χ4v) is 3.72. The molecule has 3 aromatic rings. The van der Waals surface area contributed by atoms with Crippen LogP contribution in [0.25, 0.3) is 10.9 Å². The highest BCUT2D eigenvalue weighted by Crippen LogP contribution is 2.22. The summed E-state index contributed by atoms with van der Waals surface area (Å²) < 4.78 is 1.35. The third-order valence-electron chi connectivity index (χ3n) is 5.20. The van der Waals surface area contributed by atoms with Gasteiger partial charge in [0.1, 0.15) is 5.82 Å². The van der Waals surface area contributed by atoms with Crippen LogP contribution < -0.4 is 15.8 Å². The van der Waals surface area contributed by atoms with Crippen molar-refractivity contribution in [1.82, 2.24) is 20.1 Å². The zero-order valence-electron chi connectivity index (χ0n) is 15.3. The number of carbonyl (C=O) groups excluding carboxylic acids is 1. The predicted molar refractivity (Wildman–Crippen MR) is 105 cm³/mol. The van der Waals surface area contributed by atoms with Crippen LogP contribution in [0.1, 0.15) is 29.6 Å². The van der Waals surface area contributed by atoms with Crippen LogP contribution in [0.3, 0.4) is 0 Å². The first-order chi connectivity index (χ1) is 13.1. The lowest BCUT2D eigenvalue weighted by Gasteiger charge is -2.36. The summed E-state index contributed by atoms with van der Waals surface area (Å²) in [6, 6.07) is 11.3. The lowest BCUT2D eigenvalue weighted by molar-refractivity contribution is 0.0951. The molecule has 2 N–H and O–H groups in total. The number of hydrogen-bond acceptors (Lipinski definition) is 4. The molecule has 1 amide bonds. The van der Waals surface area contributed by atoms with Gasteiger partial charge < -0.3 is 15.2 Å². The second-order valence-corrected chi connectivity index (χ2v) is 6.95. The number of aromatic nitrogens is 3. The van der Waals surface area contributed by atoms with E-state index in [-0.39, 0.29) is 17.5 Å². The molecule has 1 atom stereocenters. The Hall–Kier alpha value is -3.09. The number of rotatable bonds is 4. The average molecular weight is 365 g/mol. The summed E-state index contributed by atoms with van der Waals surface area (Å²) in [5.41, 5.74) is 1.49. The summed E-state index contributed by atoms with van der Waals surface area (Å²) in [6.07, 6.45) is 4.94. The van der Waals surface area contributed by atoms with Crippen LogP contribution >= 0.6 is 0 Å². The second-order valence-electron chi connectivity index (χ2n) is 6.95. The van der Waals surface area contributed by atoms with Gasteiger partial charge in [0.15, 0.2) is 0 Å². The van der Waals surface area contributed by atoms with E-state index in [2.05, 4.69) is 20.3 Å². The zero-order chi connectivity index (χ0) is 18.8. The van der Waals surface area contributed by atoms with Crippen LogP contribution in [0.4, 0.5) is 5.82 Å². The van der Waals surface area contributed by atoms with Crippen molar-refractivity contribution in [2.45, 2.75) is 25.3 Å². The molecular weight excluding hydrogens is 342 g/mol. The van der Waals surface area contributed by atoms with Gasteiger partial charge in [-0.3, -0.25) is 9.59 Å². The van der Waals surface area contributed by atoms with E-state index in [1.54, 1.807) is 25.4 Å². The third kappa shape index (κ3) is 3.45. The number of amides is 1. The zero-order valence-corrected chi connectivity index (χ0v) is 15.3. The number of piperidine rings is 1. The number of nitrogens with one attached hydrogen (secondary N) is 2. The van der Waals surface area contributed by atoms with Gasteiger partial charge in [-0.15, -0.1) is 0 Å². The molecule has 0 aliphatic carbocycles. The number of aryl methyl sites for hydroxylation is 1. The maximum absolute atomic E-state index is 12.7. The van der Waals surface area contributed by atoms with Crippen molar-refractivity contribution in [2.24, 2.45) is 7.05 Å². The molecule has 1 aromatic carbocycles. The minimum Gasteiger partial charge on any atom is -0.360 e. The Bertz CT molecular complexity index is 1020. The summed E-state index contributed by atoms with van der Waals surface area (Å²) in [4.78, 5) is 29.6. The van der Waals surface area contributed by atoms with Gasteiger partial charge in [-0.05, 0) is 31.4 Å². The average Bonchev–Trinajstić information content (AvgIpc) is 3.13. The standard InChI is InChI=1S/C20H23N5O2/c1-24-19(26)10-9-18(23-24)25-11-5-4-6-14(25)12-22-20(27)16-13-21-17-8-3-2-7-15(16)17/h2-3,7-10,13-14,21H,4-6,11-12H2,1H3,(H,22,27). The van der Waals surface area contributed by atoms with Crippen LogP contribution in [0.15, 0.2) is 47.4 Å². The van der Waals surface area contributed by atoms with Crippen molar-refractivity contribution >= 4 is 22.6 Å². The van der Waals surface area contributed by atoms with E-state index < -0.39 is 0 Å².